The molecule has 1 atom stereocenters. The average molecular weight is 333 g/mol. The van der Waals surface area contributed by atoms with Gasteiger partial charge in [-0.05, 0) is 30.7 Å². The van der Waals surface area contributed by atoms with Gasteiger partial charge < -0.3 is 10.3 Å². The molecule has 128 valence electrons. The summed E-state index contributed by atoms with van der Waals surface area (Å²) >= 11 is 0. The maximum absolute atomic E-state index is 11.9. The van der Waals surface area contributed by atoms with Gasteiger partial charge in [0.1, 0.15) is 29.3 Å². The third-order valence-electron chi connectivity index (χ3n) is 3.45. The first kappa shape index (κ1) is 17.9. The summed E-state index contributed by atoms with van der Waals surface area (Å²) in [4.78, 5) is 12.6. The van der Waals surface area contributed by atoms with Crippen molar-refractivity contribution in [3.05, 3.63) is 54.2 Å². The fraction of sp³-hybridized carbons (Fsp3) is 0.353. The molecule has 1 aliphatic heterocycles. The standard InChI is InChI=1S/C9H11N5.C6H4F2.C2H6/c10-6-1-2-8-13-7-3-11-5-12-9(7)14(8)4-6;7-5-1-2-6(8)4-3-5;1-2/h3,5-6H,1-2,4,10H2;1-4H;1-2H3/t6-;;/m1../s1. The van der Waals surface area contributed by atoms with Gasteiger partial charge in [0.15, 0.2) is 5.65 Å². The summed E-state index contributed by atoms with van der Waals surface area (Å²) in [6, 6.07) is 4.55. The predicted octanol–water partition coefficient (Wildman–Crippen LogP) is 3.09. The average Bonchev–Trinajstić information content (AvgIpc) is 2.98. The number of rotatable bonds is 0. The summed E-state index contributed by atoms with van der Waals surface area (Å²) in [7, 11) is 0. The zero-order valence-electron chi connectivity index (χ0n) is 13.8. The Balaban J connectivity index is 0.000000179. The number of benzene rings is 1. The van der Waals surface area contributed by atoms with Crippen LogP contribution in [0.2, 0.25) is 0 Å². The minimum atomic E-state index is -0.411. The molecule has 3 heterocycles. The Morgan fingerprint density at radius 3 is 2.38 bits per heavy atom. The van der Waals surface area contributed by atoms with Crippen molar-refractivity contribution in [3.63, 3.8) is 0 Å². The van der Waals surface area contributed by atoms with E-state index in [9.17, 15) is 8.78 Å². The van der Waals surface area contributed by atoms with E-state index in [1.165, 1.54) is 0 Å². The van der Waals surface area contributed by atoms with Crippen LogP contribution in [0.15, 0.2) is 36.8 Å². The van der Waals surface area contributed by atoms with Crippen LogP contribution in [0, 0.1) is 11.6 Å². The fourth-order valence-corrected chi connectivity index (χ4v) is 2.38. The van der Waals surface area contributed by atoms with Crippen LogP contribution in [0.5, 0.6) is 0 Å². The van der Waals surface area contributed by atoms with Crippen LogP contribution in [-0.4, -0.2) is 25.6 Å². The van der Waals surface area contributed by atoms with Crippen LogP contribution in [0.1, 0.15) is 26.1 Å². The van der Waals surface area contributed by atoms with E-state index in [2.05, 4.69) is 19.5 Å². The van der Waals surface area contributed by atoms with Crippen LogP contribution >= 0.6 is 0 Å². The largest absolute Gasteiger partial charge is 0.326 e. The van der Waals surface area contributed by atoms with Gasteiger partial charge in [-0.3, -0.25) is 0 Å². The van der Waals surface area contributed by atoms with Crippen LogP contribution < -0.4 is 5.73 Å². The Morgan fingerprint density at radius 2 is 1.75 bits per heavy atom. The molecule has 5 nitrogen and oxygen atoms in total. The number of hydrogen-bond donors (Lipinski definition) is 1. The highest BCUT2D eigenvalue weighted by Crippen LogP contribution is 2.19. The minimum Gasteiger partial charge on any atom is -0.326 e. The van der Waals surface area contributed by atoms with E-state index in [-0.39, 0.29) is 6.04 Å². The molecule has 0 saturated heterocycles. The fourth-order valence-electron chi connectivity index (χ4n) is 2.38. The van der Waals surface area contributed by atoms with Gasteiger partial charge in [-0.2, -0.15) is 0 Å². The summed E-state index contributed by atoms with van der Waals surface area (Å²) in [6.07, 6.45) is 5.25. The van der Waals surface area contributed by atoms with Crippen molar-refractivity contribution in [3.8, 4) is 0 Å². The summed E-state index contributed by atoms with van der Waals surface area (Å²) in [5.74, 6) is 0.264. The summed E-state index contributed by atoms with van der Waals surface area (Å²) < 4.78 is 25.9. The number of fused-ring (bicyclic) bond motifs is 3. The maximum atomic E-state index is 11.9. The van der Waals surface area contributed by atoms with Crippen molar-refractivity contribution in [1.29, 1.82) is 0 Å². The molecule has 0 amide bonds. The molecule has 0 unspecified atom stereocenters. The second kappa shape index (κ2) is 8.44. The highest BCUT2D eigenvalue weighted by Gasteiger charge is 2.19. The zero-order valence-corrected chi connectivity index (χ0v) is 13.8. The molecular formula is C17H21F2N5. The molecular weight excluding hydrogens is 312 g/mol. The van der Waals surface area contributed by atoms with Gasteiger partial charge in [0.25, 0.3) is 0 Å². The monoisotopic (exact) mass is 333 g/mol. The van der Waals surface area contributed by atoms with Gasteiger partial charge in [-0.1, -0.05) is 13.8 Å². The van der Waals surface area contributed by atoms with Crippen LogP contribution in [-0.2, 0) is 13.0 Å². The Bertz CT molecular complexity index is 749. The van der Waals surface area contributed by atoms with E-state index < -0.39 is 11.6 Å². The Labute approximate surface area is 139 Å². The minimum absolute atomic E-state index is 0.231. The molecule has 1 aliphatic rings. The van der Waals surface area contributed by atoms with Gasteiger partial charge in [0.05, 0.1) is 6.20 Å². The number of hydrogen-bond acceptors (Lipinski definition) is 4. The molecule has 24 heavy (non-hydrogen) atoms. The molecule has 1 aromatic carbocycles. The van der Waals surface area contributed by atoms with Crippen molar-refractivity contribution in [1.82, 2.24) is 19.5 Å². The maximum Gasteiger partial charge on any atom is 0.163 e. The molecule has 4 rings (SSSR count). The number of imidazole rings is 1. The van der Waals surface area contributed by atoms with E-state index in [0.29, 0.717) is 0 Å². The predicted molar refractivity (Wildman–Crippen MR) is 89.3 cm³/mol. The van der Waals surface area contributed by atoms with Gasteiger partial charge in [-0.25, -0.2) is 23.7 Å². The zero-order chi connectivity index (χ0) is 17.5. The normalized spacial score (nSPS) is 15.6. The van der Waals surface area contributed by atoms with Crippen molar-refractivity contribution >= 4 is 11.2 Å². The van der Waals surface area contributed by atoms with E-state index in [4.69, 9.17) is 5.73 Å². The molecule has 0 radical (unpaired) electrons. The highest BCUT2D eigenvalue weighted by atomic mass is 19.1. The van der Waals surface area contributed by atoms with Crippen LogP contribution in [0.3, 0.4) is 0 Å². The van der Waals surface area contributed by atoms with E-state index >= 15 is 0 Å². The lowest BCUT2D eigenvalue weighted by molar-refractivity contribution is 0.460. The molecule has 2 aromatic heterocycles. The van der Waals surface area contributed by atoms with Crippen molar-refractivity contribution in [2.45, 2.75) is 39.3 Å². The first-order valence-corrected chi connectivity index (χ1v) is 7.95. The van der Waals surface area contributed by atoms with E-state index in [1.54, 1.807) is 12.5 Å². The van der Waals surface area contributed by atoms with Gasteiger partial charge in [-0.15, -0.1) is 0 Å². The second-order valence-electron chi connectivity index (χ2n) is 5.11. The SMILES string of the molecule is CC.Fc1ccc(F)cc1.N[C@@H]1CCc2nc3cncnc3n2C1. The Hall–Kier alpha value is -2.41. The van der Waals surface area contributed by atoms with Crippen molar-refractivity contribution in [2.75, 3.05) is 0 Å². The number of aromatic nitrogens is 4. The smallest absolute Gasteiger partial charge is 0.163 e. The van der Waals surface area contributed by atoms with E-state index in [1.807, 2.05) is 13.8 Å². The van der Waals surface area contributed by atoms with Crippen LogP contribution in [0.25, 0.3) is 11.2 Å². The quantitative estimate of drug-likeness (QED) is 0.686. The van der Waals surface area contributed by atoms with Crippen molar-refractivity contribution < 1.29 is 8.78 Å². The molecule has 2 N–H and O–H groups in total. The van der Waals surface area contributed by atoms with Crippen molar-refractivity contribution in [2.24, 2.45) is 5.73 Å². The molecule has 3 aromatic rings. The molecule has 0 bridgehead atoms. The van der Waals surface area contributed by atoms with Gasteiger partial charge in [0, 0.05) is 19.0 Å². The molecule has 7 heteroatoms. The Morgan fingerprint density at radius 1 is 1.12 bits per heavy atom. The second-order valence-corrected chi connectivity index (χ2v) is 5.11. The van der Waals surface area contributed by atoms with Crippen LogP contribution in [0.4, 0.5) is 8.78 Å². The topological polar surface area (TPSA) is 69.6 Å². The lowest BCUT2D eigenvalue weighted by Crippen LogP contribution is -2.32. The molecule has 0 saturated carbocycles. The molecule has 0 fully saturated rings. The number of halogens is 2. The first-order chi connectivity index (χ1) is 11.6. The number of nitrogens with zero attached hydrogens (tertiary/aromatic N) is 4. The number of aryl methyl sites for hydroxylation is 1. The summed E-state index contributed by atoms with van der Waals surface area (Å²) in [6.45, 7) is 4.82. The number of nitrogens with two attached hydrogens (primary N) is 1. The lowest BCUT2D eigenvalue weighted by Gasteiger charge is -2.19. The Kier molecular flexibility index (Phi) is 6.31. The third kappa shape index (κ3) is 4.32. The third-order valence-corrected chi connectivity index (χ3v) is 3.45. The summed E-state index contributed by atoms with van der Waals surface area (Å²) in [5, 5.41) is 0. The molecule has 0 spiro atoms. The first-order valence-electron chi connectivity index (χ1n) is 7.95. The summed E-state index contributed by atoms with van der Waals surface area (Å²) in [5.41, 5.74) is 7.69. The van der Waals surface area contributed by atoms with Gasteiger partial charge >= 0.3 is 0 Å². The van der Waals surface area contributed by atoms with Gasteiger partial charge in [0.2, 0.25) is 0 Å². The lowest BCUT2D eigenvalue weighted by atomic mass is 10.1. The highest BCUT2D eigenvalue weighted by molar-refractivity contribution is 5.70. The van der Waals surface area contributed by atoms with E-state index in [0.717, 1.165) is 60.6 Å². The molecule has 0 aliphatic carbocycles.